The first-order valence-electron chi connectivity index (χ1n) is 9.72. The van der Waals surface area contributed by atoms with Crippen LogP contribution in [0.1, 0.15) is 27.3 Å². The summed E-state index contributed by atoms with van der Waals surface area (Å²) >= 11 is 6.22. The van der Waals surface area contributed by atoms with Crippen molar-refractivity contribution in [2.45, 2.75) is 20.3 Å². The monoisotopic (exact) mass is 419 g/mol. The molecule has 1 N–H and O–H groups in total. The number of aromatic nitrogens is 4. The van der Waals surface area contributed by atoms with E-state index in [-0.39, 0.29) is 5.91 Å². The topological polar surface area (TPSA) is 64.7 Å². The molecule has 2 aromatic carbocycles. The summed E-state index contributed by atoms with van der Waals surface area (Å²) in [5.74, 6) is -0.0962. The van der Waals surface area contributed by atoms with Gasteiger partial charge in [0.25, 0.3) is 5.91 Å². The fourth-order valence-corrected chi connectivity index (χ4v) is 3.41. The van der Waals surface area contributed by atoms with Crippen LogP contribution in [-0.4, -0.2) is 32.0 Å². The lowest BCUT2D eigenvalue weighted by molar-refractivity contribution is 0.0954. The van der Waals surface area contributed by atoms with Crippen LogP contribution in [0.3, 0.4) is 0 Å². The molecule has 0 atom stereocenters. The van der Waals surface area contributed by atoms with Gasteiger partial charge < -0.3 is 5.32 Å². The van der Waals surface area contributed by atoms with E-state index < -0.39 is 0 Å². The molecule has 2 aromatic heterocycles. The van der Waals surface area contributed by atoms with Crippen LogP contribution in [0.4, 0.5) is 0 Å². The number of carbonyl (C=O) groups is 1. The molecule has 4 aromatic rings. The van der Waals surface area contributed by atoms with E-state index in [1.807, 2.05) is 55.1 Å². The maximum Gasteiger partial charge on any atom is 0.251 e. The van der Waals surface area contributed by atoms with Crippen molar-refractivity contribution in [3.8, 4) is 11.4 Å². The Kier molecular flexibility index (Phi) is 5.68. The molecule has 1 amide bonds. The van der Waals surface area contributed by atoms with Gasteiger partial charge in [-0.1, -0.05) is 23.7 Å². The summed E-state index contributed by atoms with van der Waals surface area (Å²) in [5, 5.41) is 12.3. The normalized spacial score (nSPS) is 10.9. The quantitative estimate of drug-likeness (QED) is 0.506. The number of aryl methyl sites for hydroxylation is 1. The maximum absolute atomic E-state index is 12.5. The van der Waals surface area contributed by atoms with E-state index in [0.717, 1.165) is 34.7 Å². The van der Waals surface area contributed by atoms with Gasteiger partial charge in [-0.15, -0.1) is 0 Å². The molecule has 6 nitrogen and oxygen atoms in total. The number of carbonyl (C=O) groups excluding carboxylic acids is 1. The Bertz CT molecular complexity index is 1150. The Labute approximate surface area is 180 Å². The van der Waals surface area contributed by atoms with Crippen LogP contribution in [-0.2, 0) is 6.42 Å². The molecule has 0 aliphatic carbocycles. The van der Waals surface area contributed by atoms with Crippen molar-refractivity contribution < 1.29 is 4.79 Å². The number of hydrogen-bond acceptors (Lipinski definition) is 3. The highest BCUT2D eigenvalue weighted by molar-refractivity contribution is 6.31. The summed E-state index contributed by atoms with van der Waals surface area (Å²) in [6.07, 6.45) is 4.42. The van der Waals surface area contributed by atoms with Crippen molar-refractivity contribution in [2.24, 2.45) is 0 Å². The zero-order valence-corrected chi connectivity index (χ0v) is 17.6. The third-order valence-corrected chi connectivity index (χ3v) is 5.53. The number of nitrogens with one attached hydrogen (secondary N) is 1. The van der Waals surface area contributed by atoms with Crippen molar-refractivity contribution in [3.63, 3.8) is 0 Å². The zero-order valence-electron chi connectivity index (χ0n) is 16.8. The van der Waals surface area contributed by atoms with Crippen molar-refractivity contribution in [1.29, 1.82) is 0 Å². The first-order valence-corrected chi connectivity index (χ1v) is 10.1. The summed E-state index contributed by atoms with van der Waals surface area (Å²) in [6.45, 7) is 4.36. The number of rotatable bonds is 6. The van der Waals surface area contributed by atoms with Gasteiger partial charge in [-0.25, -0.2) is 9.36 Å². The second kappa shape index (κ2) is 8.55. The Morgan fingerprint density at radius 3 is 2.33 bits per heavy atom. The maximum atomic E-state index is 12.5. The largest absolute Gasteiger partial charge is 0.352 e. The van der Waals surface area contributed by atoms with Gasteiger partial charge in [0, 0.05) is 24.5 Å². The minimum absolute atomic E-state index is 0.0962. The molecule has 0 spiro atoms. The first kappa shape index (κ1) is 19.9. The Balaban J connectivity index is 1.33. The van der Waals surface area contributed by atoms with Crippen molar-refractivity contribution in [1.82, 2.24) is 24.9 Å². The Morgan fingerprint density at radius 2 is 1.73 bits per heavy atom. The van der Waals surface area contributed by atoms with Crippen LogP contribution in [0.25, 0.3) is 11.4 Å². The fraction of sp³-hybridized carbons (Fsp3) is 0.174. The van der Waals surface area contributed by atoms with Gasteiger partial charge in [0.05, 0.1) is 27.8 Å². The van der Waals surface area contributed by atoms with E-state index in [1.54, 1.807) is 23.0 Å². The van der Waals surface area contributed by atoms with E-state index >= 15 is 0 Å². The number of benzene rings is 2. The number of halogens is 1. The third-order valence-electron chi connectivity index (χ3n) is 4.98. The molecule has 0 aliphatic rings. The molecule has 0 saturated carbocycles. The van der Waals surface area contributed by atoms with E-state index in [1.165, 1.54) is 0 Å². The van der Waals surface area contributed by atoms with Crippen molar-refractivity contribution in [2.75, 3.05) is 6.54 Å². The first-order chi connectivity index (χ1) is 14.5. The standard InChI is InChI=1S/C23H22ClN5O/c1-16-22(24)17(2)29(27-16)21-10-6-19(7-11-21)23(30)25-14-12-18-4-8-20(9-5-18)28-15-3-13-26-28/h3-11,13,15H,12,14H2,1-2H3,(H,25,30). The minimum atomic E-state index is -0.0962. The summed E-state index contributed by atoms with van der Waals surface area (Å²) in [5.41, 5.74) is 5.31. The van der Waals surface area contributed by atoms with Gasteiger partial charge >= 0.3 is 0 Å². The zero-order chi connectivity index (χ0) is 21.1. The molecule has 0 saturated heterocycles. The molecule has 0 bridgehead atoms. The Morgan fingerprint density at radius 1 is 1.03 bits per heavy atom. The summed E-state index contributed by atoms with van der Waals surface area (Å²) in [4.78, 5) is 12.5. The van der Waals surface area contributed by atoms with Crippen LogP contribution in [0.2, 0.25) is 5.02 Å². The summed E-state index contributed by atoms with van der Waals surface area (Å²) in [6, 6.07) is 17.4. The molecule has 0 fully saturated rings. The highest BCUT2D eigenvalue weighted by Gasteiger charge is 2.11. The predicted molar refractivity (Wildman–Crippen MR) is 118 cm³/mol. The summed E-state index contributed by atoms with van der Waals surface area (Å²) < 4.78 is 3.60. The van der Waals surface area contributed by atoms with Crippen LogP contribution >= 0.6 is 11.6 Å². The molecule has 2 heterocycles. The van der Waals surface area contributed by atoms with Gasteiger partial charge in [0.15, 0.2) is 0 Å². The van der Waals surface area contributed by atoms with Crippen molar-refractivity contribution in [3.05, 3.63) is 94.5 Å². The SMILES string of the molecule is Cc1nn(-c2ccc(C(=O)NCCc3ccc(-n4cccn4)cc3)cc2)c(C)c1Cl. The molecule has 30 heavy (non-hydrogen) atoms. The van der Waals surface area contributed by atoms with Crippen LogP contribution < -0.4 is 5.32 Å². The lowest BCUT2D eigenvalue weighted by Crippen LogP contribution is -2.25. The van der Waals surface area contributed by atoms with E-state index in [9.17, 15) is 4.79 Å². The van der Waals surface area contributed by atoms with Crippen LogP contribution in [0.5, 0.6) is 0 Å². The van der Waals surface area contributed by atoms with Gasteiger partial charge in [-0.2, -0.15) is 10.2 Å². The molecule has 0 aliphatic heterocycles. The van der Waals surface area contributed by atoms with Gasteiger partial charge in [0.1, 0.15) is 0 Å². The molecule has 0 unspecified atom stereocenters. The number of hydrogen-bond donors (Lipinski definition) is 1. The minimum Gasteiger partial charge on any atom is -0.352 e. The van der Waals surface area contributed by atoms with Gasteiger partial charge in [0.2, 0.25) is 0 Å². The molecule has 0 radical (unpaired) electrons. The van der Waals surface area contributed by atoms with Crippen molar-refractivity contribution >= 4 is 17.5 Å². The molecule has 7 heteroatoms. The van der Waals surface area contributed by atoms with E-state index in [4.69, 9.17) is 11.6 Å². The molecule has 152 valence electrons. The number of nitrogens with zero attached hydrogens (tertiary/aromatic N) is 4. The summed E-state index contributed by atoms with van der Waals surface area (Å²) in [7, 11) is 0. The highest BCUT2D eigenvalue weighted by Crippen LogP contribution is 2.22. The number of amides is 1. The average molecular weight is 420 g/mol. The van der Waals surface area contributed by atoms with E-state index in [0.29, 0.717) is 17.1 Å². The van der Waals surface area contributed by atoms with E-state index in [2.05, 4.69) is 27.6 Å². The molecular weight excluding hydrogens is 398 g/mol. The lowest BCUT2D eigenvalue weighted by Gasteiger charge is -2.08. The average Bonchev–Trinajstić information content (AvgIpc) is 3.39. The van der Waals surface area contributed by atoms with Gasteiger partial charge in [-0.3, -0.25) is 4.79 Å². The second-order valence-corrected chi connectivity index (χ2v) is 7.44. The fourth-order valence-electron chi connectivity index (χ4n) is 3.29. The highest BCUT2D eigenvalue weighted by atomic mass is 35.5. The Hall–Kier alpha value is -3.38. The third kappa shape index (κ3) is 4.14. The second-order valence-electron chi connectivity index (χ2n) is 7.07. The van der Waals surface area contributed by atoms with Crippen LogP contribution in [0, 0.1) is 13.8 Å². The molecular formula is C23H22ClN5O. The van der Waals surface area contributed by atoms with Crippen LogP contribution in [0.15, 0.2) is 67.0 Å². The lowest BCUT2D eigenvalue weighted by atomic mass is 10.1. The predicted octanol–water partition coefficient (Wildman–Crippen LogP) is 4.30. The molecule has 4 rings (SSSR count). The smallest absolute Gasteiger partial charge is 0.251 e. The van der Waals surface area contributed by atoms with Gasteiger partial charge in [-0.05, 0) is 68.3 Å².